The molecule has 0 atom stereocenters. The van der Waals surface area contributed by atoms with Crippen molar-refractivity contribution < 1.29 is 14.0 Å². The van der Waals surface area contributed by atoms with Crippen LogP contribution in [0.4, 0.5) is 0 Å². The lowest BCUT2D eigenvalue weighted by molar-refractivity contribution is -0.473. The van der Waals surface area contributed by atoms with Crippen molar-refractivity contribution in [1.29, 1.82) is 0 Å². The second-order valence-corrected chi connectivity index (χ2v) is 5.95. The van der Waals surface area contributed by atoms with Gasteiger partial charge in [0.1, 0.15) is 25.9 Å². The van der Waals surface area contributed by atoms with Gasteiger partial charge in [0.2, 0.25) is 0 Å². The molecule has 0 unspecified atom stereocenters. The summed E-state index contributed by atoms with van der Waals surface area (Å²) in [4.78, 5) is 0. The zero-order chi connectivity index (χ0) is 18.8. The SMILES string of the molecule is CCOC=C(C(OCC)=[N+](C)C)/C(=C\c1ccccc1)c1ccccc1. The summed E-state index contributed by atoms with van der Waals surface area (Å²) in [5, 5.41) is 0. The molecule has 0 aromatic heterocycles. The highest BCUT2D eigenvalue weighted by Gasteiger charge is 2.23. The van der Waals surface area contributed by atoms with Crippen LogP contribution < -0.4 is 0 Å². The Hall–Kier alpha value is -2.81. The van der Waals surface area contributed by atoms with Gasteiger partial charge in [-0.05, 0) is 31.1 Å². The number of rotatable bonds is 7. The fraction of sp³-hybridized carbons (Fsp3) is 0.261. The van der Waals surface area contributed by atoms with E-state index in [4.69, 9.17) is 9.47 Å². The molecule has 0 heterocycles. The minimum atomic E-state index is 0.588. The van der Waals surface area contributed by atoms with Gasteiger partial charge in [0, 0.05) is 5.57 Å². The van der Waals surface area contributed by atoms with Crippen LogP contribution in [-0.4, -0.2) is 37.8 Å². The number of benzene rings is 2. The molecule has 136 valence electrons. The Kier molecular flexibility index (Phi) is 7.69. The number of hydrogen-bond donors (Lipinski definition) is 0. The first kappa shape index (κ1) is 19.5. The molecule has 0 saturated heterocycles. The normalized spacial score (nSPS) is 11.8. The number of ether oxygens (including phenoxy) is 2. The zero-order valence-corrected chi connectivity index (χ0v) is 16.1. The van der Waals surface area contributed by atoms with E-state index in [0.29, 0.717) is 13.2 Å². The van der Waals surface area contributed by atoms with E-state index in [1.807, 2.05) is 68.9 Å². The Balaban J connectivity index is 2.66. The maximum absolute atomic E-state index is 5.96. The fourth-order valence-corrected chi connectivity index (χ4v) is 2.63. The Bertz CT molecular complexity index is 770. The van der Waals surface area contributed by atoms with E-state index in [1.54, 1.807) is 6.26 Å². The quantitative estimate of drug-likeness (QED) is 0.178. The number of nitrogens with zero attached hydrogens (tertiary/aromatic N) is 1. The summed E-state index contributed by atoms with van der Waals surface area (Å²) >= 11 is 0. The van der Waals surface area contributed by atoms with Gasteiger partial charge < -0.3 is 9.47 Å². The third kappa shape index (κ3) is 5.35. The minimum absolute atomic E-state index is 0.588. The van der Waals surface area contributed by atoms with Gasteiger partial charge in [0.05, 0.1) is 13.2 Å². The van der Waals surface area contributed by atoms with E-state index < -0.39 is 0 Å². The predicted molar refractivity (Wildman–Crippen MR) is 109 cm³/mol. The van der Waals surface area contributed by atoms with Gasteiger partial charge in [0.15, 0.2) is 0 Å². The summed E-state index contributed by atoms with van der Waals surface area (Å²) in [5.74, 6) is 0.784. The molecular formula is C23H28NO2+. The maximum Gasteiger partial charge on any atom is 0.373 e. The van der Waals surface area contributed by atoms with E-state index in [2.05, 4.69) is 30.3 Å². The summed E-state index contributed by atoms with van der Waals surface area (Å²) < 4.78 is 13.6. The third-order valence-electron chi connectivity index (χ3n) is 3.77. The molecule has 0 N–H and O–H groups in total. The molecule has 0 saturated carbocycles. The van der Waals surface area contributed by atoms with Crippen molar-refractivity contribution in [2.45, 2.75) is 13.8 Å². The molecular weight excluding hydrogens is 322 g/mol. The van der Waals surface area contributed by atoms with Crippen LogP contribution in [0.15, 0.2) is 72.5 Å². The van der Waals surface area contributed by atoms with Crippen LogP contribution in [0, 0.1) is 0 Å². The van der Waals surface area contributed by atoms with Crippen LogP contribution in [0.25, 0.3) is 11.6 Å². The molecule has 3 nitrogen and oxygen atoms in total. The van der Waals surface area contributed by atoms with Crippen molar-refractivity contribution in [2.24, 2.45) is 0 Å². The predicted octanol–water partition coefficient (Wildman–Crippen LogP) is 4.85. The van der Waals surface area contributed by atoms with E-state index >= 15 is 0 Å². The van der Waals surface area contributed by atoms with Crippen molar-refractivity contribution >= 4 is 17.5 Å². The van der Waals surface area contributed by atoms with Crippen LogP contribution in [-0.2, 0) is 9.47 Å². The molecule has 26 heavy (non-hydrogen) atoms. The lowest BCUT2D eigenvalue weighted by atomic mass is 9.96. The van der Waals surface area contributed by atoms with Gasteiger partial charge in [-0.15, -0.1) is 0 Å². The summed E-state index contributed by atoms with van der Waals surface area (Å²) in [6, 6.07) is 20.6. The Morgan fingerprint density at radius 1 is 0.885 bits per heavy atom. The zero-order valence-electron chi connectivity index (χ0n) is 16.1. The molecule has 0 aliphatic heterocycles. The first-order valence-corrected chi connectivity index (χ1v) is 8.99. The van der Waals surface area contributed by atoms with Gasteiger partial charge in [-0.2, -0.15) is 0 Å². The van der Waals surface area contributed by atoms with Crippen molar-refractivity contribution in [1.82, 2.24) is 0 Å². The summed E-state index contributed by atoms with van der Waals surface area (Å²) in [6.45, 7) is 5.16. The Labute approximate surface area is 156 Å². The summed E-state index contributed by atoms with van der Waals surface area (Å²) in [6.07, 6.45) is 3.97. The molecule has 0 fully saturated rings. The molecule has 2 rings (SSSR count). The molecule has 0 amide bonds. The Morgan fingerprint density at radius 3 is 2.04 bits per heavy atom. The van der Waals surface area contributed by atoms with Crippen LogP contribution in [0.5, 0.6) is 0 Å². The van der Waals surface area contributed by atoms with Gasteiger partial charge in [-0.3, -0.25) is 0 Å². The van der Waals surface area contributed by atoms with Crippen LogP contribution in [0.1, 0.15) is 25.0 Å². The average Bonchev–Trinajstić information content (AvgIpc) is 2.67. The van der Waals surface area contributed by atoms with Crippen molar-refractivity contribution in [3.05, 3.63) is 83.6 Å². The minimum Gasteiger partial charge on any atom is -0.500 e. The maximum atomic E-state index is 5.96. The molecule has 0 aliphatic carbocycles. The average molecular weight is 350 g/mol. The molecule has 0 spiro atoms. The van der Waals surface area contributed by atoms with Crippen LogP contribution in [0.2, 0.25) is 0 Å². The first-order chi connectivity index (χ1) is 12.7. The van der Waals surface area contributed by atoms with E-state index in [1.165, 1.54) is 0 Å². The fourth-order valence-electron chi connectivity index (χ4n) is 2.63. The van der Waals surface area contributed by atoms with Crippen molar-refractivity contribution in [3.8, 4) is 0 Å². The highest BCUT2D eigenvalue weighted by Crippen LogP contribution is 2.27. The van der Waals surface area contributed by atoms with E-state index in [9.17, 15) is 0 Å². The Morgan fingerprint density at radius 2 is 1.50 bits per heavy atom. The van der Waals surface area contributed by atoms with Crippen LogP contribution in [0.3, 0.4) is 0 Å². The largest absolute Gasteiger partial charge is 0.500 e. The van der Waals surface area contributed by atoms with Crippen molar-refractivity contribution in [3.63, 3.8) is 0 Å². The molecule has 3 heteroatoms. The standard InChI is InChI=1S/C23H28NO2/c1-5-25-18-22(23(24(3)4)26-6-2)21(20-15-11-8-12-16-20)17-19-13-9-7-10-14-19/h7-18H,5-6H2,1-4H3/q+1/b21-17-,22-18?. The molecule has 0 radical (unpaired) electrons. The molecule has 2 aromatic rings. The van der Waals surface area contributed by atoms with Gasteiger partial charge in [0.25, 0.3) is 0 Å². The van der Waals surface area contributed by atoms with Gasteiger partial charge >= 0.3 is 5.90 Å². The second kappa shape index (κ2) is 10.2. The second-order valence-electron chi connectivity index (χ2n) is 5.95. The van der Waals surface area contributed by atoms with Crippen LogP contribution >= 0.6 is 0 Å². The summed E-state index contributed by atoms with van der Waals surface area (Å²) in [7, 11) is 3.96. The van der Waals surface area contributed by atoms with Gasteiger partial charge in [-0.25, -0.2) is 4.58 Å². The lowest BCUT2D eigenvalue weighted by Gasteiger charge is -2.14. The lowest BCUT2D eigenvalue weighted by Crippen LogP contribution is -2.21. The smallest absolute Gasteiger partial charge is 0.373 e. The third-order valence-corrected chi connectivity index (χ3v) is 3.77. The highest BCUT2D eigenvalue weighted by atomic mass is 16.5. The molecule has 0 aliphatic rings. The topological polar surface area (TPSA) is 21.5 Å². The van der Waals surface area contributed by atoms with E-state index in [-0.39, 0.29) is 0 Å². The first-order valence-electron chi connectivity index (χ1n) is 8.99. The van der Waals surface area contributed by atoms with Crippen molar-refractivity contribution in [2.75, 3.05) is 27.3 Å². The van der Waals surface area contributed by atoms with Gasteiger partial charge in [-0.1, -0.05) is 60.7 Å². The number of hydrogen-bond acceptors (Lipinski definition) is 2. The molecule has 0 bridgehead atoms. The molecule has 2 aromatic carbocycles. The monoisotopic (exact) mass is 350 g/mol. The van der Waals surface area contributed by atoms with E-state index in [0.717, 1.165) is 28.2 Å². The highest BCUT2D eigenvalue weighted by molar-refractivity contribution is 6.10. The summed E-state index contributed by atoms with van der Waals surface area (Å²) in [5.41, 5.74) is 4.22.